The monoisotopic (exact) mass is 287 g/mol. The van der Waals surface area contributed by atoms with Gasteiger partial charge in [0.1, 0.15) is 5.75 Å². The van der Waals surface area contributed by atoms with E-state index in [9.17, 15) is 0 Å². The van der Waals surface area contributed by atoms with E-state index in [1.165, 1.54) is 0 Å². The Bertz CT molecular complexity index is 598. The first-order chi connectivity index (χ1) is 10.2. The zero-order valence-electron chi connectivity index (χ0n) is 12.8. The van der Waals surface area contributed by atoms with Crippen LogP contribution in [0.3, 0.4) is 0 Å². The largest absolute Gasteiger partial charge is 0.496 e. The molecule has 4 heteroatoms. The summed E-state index contributed by atoms with van der Waals surface area (Å²) in [7, 11) is 6.88. The Balaban J connectivity index is 2.46. The molecule has 2 aromatic rings. The van der Waals surface area contributed by atoms with E-state index >= 15 is 0 Å². The minimum Gasteiger partial charge on any atom is -0.496 e. The Morgan fingerprint density at radius 3 is 2.10 bits per heavy atom. The van der Waals surface area contributed by atoms with Crippen molar-refractivity contribution in [2.75, 3.05) is 28.4 Å². The Kier molecular flexibility index (Phi) is 5.06. The fourth-order valence-electron chi connectivity index (χ4n) is 2.44. The Morgan fingerprint density at radius 1 is 0.810 bits per heavy atom. The SMILES string of the molecule is CNC(c1ccc(OC)c(OC)c1)c1ccccc1OC. The standard InChI is InChI=1S/C17H21NO3/c1-18-17(13-7-5-6-8-14(13)19-2)12-9-10-15(20-3)16(11-12)21-4/h5-11,17-18H,1-4H3. The molecule has 0 aliphatic rings. The van der Waals surface area contributed by atoms with Crippen LogP contribution in [-0.2, 0) is 0 Å². The van der Waals surface area contributed by atoms with Crippen molar-refractivity contribution in [2.24, 2.45) is 0 Å². The molecule has 1 atom stereocenters. The summed E-state index contributed by atoms with van der Waals surface area (Å²) in [5.41, 5.74) is 2.16. The van der Waals surface area contributed by atoms with E-state index in [4.69, 9.17) is 14.2 Å². The van der Waals surface area contributed by atoms with E-state index < -0.39 is 0 Å². The van der Waals surface area contributed by atoms with Gasteiger partial charge in [0, 0.05) is 5.56 Å². The highest BCUT2D eigenvalue weighted by Gasteiger charge is 2.18. The third-order valence-electron chi connectivity index (χ3n) is 3.48. The van der Waals surface area contributed by atoms with Crippen LogP contribution in [0.25, 0.3) is 0 Å². The second kappa shape index (κ2) is 6.99. The number of methoxy groups -OCH3 is 3. The number of nitrogens with one attached hydrogen (secondary N) is 1. The zero-order chi connectivity index (χ0) is 15.2. The number of benzene rings is 2. The number of hydrogen-bond acceptors (Lipinski definition) is 4. The van der Waals surface area contributed by atoms with Gasteiger partial charge in [0.2, 0.25) is 0 Å². The zero-order valence-corrected chi connectivity index (χ0v) is 12.8. The van der Waals surface area contributed by atoms with Gasteiger partial charge in [0.25, 0.3) is 0 Å². The van der Waals surface area contributed by atoms with Crippen LogP contribution in [0, 0.1) is 0 Å². The molecular formula is C17H21NO3. The van der Waals surface area contributed by atoms with Gasteiger partial charge >= 0.3 is 0 Å². The van der Waals surface area contributed by atoms with Crippen molar-refractivity contribution >= 4 is 0 Å². The van der Waals surface area contributed by atoms with Crippen LogP contribution in [0.5, 0.6) is 17.2 Å². The first kappa shape index (κ1) is 15.2. The fourth-order valence-corrected chi connectivity index (χ4v) is 2.44. The molecule has 0 amide bonds. The third kappa shape index (κ3) is 3.11. The molecule has 0 saturated heterocycles. The summed E-state index contributed by atoms with van der Waals surface area (Å²) >= 11 is 0. The number of ether oxygens (including phenoxy) is 3. The maximum atomic E-state index is 5.46. The summed E-state index contributed by atoms with van der Waals surface area (Å²) in [6, 6.07) is 13.9. The quantitative estimate of drug-likeness (QED) is 0.886. The fraction of sp³-hybridized carbons (Fsp3) is 0.294. The summed E-state index contributed by atoms with van der Waals surface area (Å²) in [4.78, 5) is 0. The predicted octanol–water partition coefficient (Wildman–Crippen LogP) is 3.02. The van der Waals surface area contributed by atoms with E-state index in [0.29, 0.717) is 5.75 Å². The van der Waals surface area contributed by atoms with Gasteiger partial charge in [0.05, 0.1) is 27.4 Å². The molecule has 4 nitrogen and oxygen atoms in total. The van der Waals surface area contributed by atoms with Crippen molar-refractivity contribution in [1.82, 2.24) is 5.32 Å². The van der Waals surface area contributed by atoms with Crippen molar-refractivity contribution in [3.63, 3.8) is 0 Å². The maximum absolute atomic E-state index is 5.46. The first-order valence-corrected chi connectivity index (χ1v) is 6.77. The molecule has 0 aliphatic heterocycles. The molecule has 0 radical (unpaired) electrons. The lowest BCUT2D eigenvalue weighted by atomic mass is 9.97. The Morgan fingerprint density at radius 2 is 1.48 bits per heavy atom. The van der Waals surface area contributed by atoms with Crippen molar-refractivity contribution in [3.8, 4) is 17.2 Å². The topological polar surface area (TPSA) is 39.7 Å². The van der Waals surface area contributed by atoms with E-state index in [2.05, 4.69) is 11.4 Å². The number of hydrogen-bond donors (Lipinski definition) is 1. The van der Waals surface area contributed by atoms with Gasteiger partial charge in [-0.2, -0.15) is 0 Å². The average Bonchev–Trinajstić information content (AvgIpc) is 2.55. The summed E-state index contributed by atoms with van der Waals surface area (Å²) in [6.07, 6.45) is 0. The highest BCUT2D eigenvalue weighted by atomic mass is 16.5. The van der Waals surface area contributed by atoms with Gasteiger partial charge < -0.3 is 19.5 Å². The van der Waals surface area contributed by atoms with Gasteiger partial charge in [0.15, 0.2) is 11.5 Å². The molecule has 0 heterocycles. The lowest BCUT2D eigenvalue weighted by Gasteiger charge is -2.21. The van der Waals surface area contributed by atoms with Crippen molar-refractivity contribution in [3.05, 3.63) is 53.6 Å². The highest BCUT2D eigenvalue weighted by molar-refractivity contribution is 5.48. The van der Waals surface area contributed by atoms with Crippen molar-refractivity contribution < 1.29 is 14.2 Å². The number of para-hydroxylation sites is 1. The van der Waals surface area contributed by atoms with Gasteiger partial charge in [-0.1, -0.05) is 24.3 Å². The Hall–Kier alpha value is -2.20. The van der Waals surface area contributed by atoms with Crippen molar-refractivity contribution in [1.29, 1.82) is 0 Å². The van der Waals surface area contributed by atoms with Crippen LogP contribution in [0.15, 0.2) is 42.5 Å². The second-order valence-electron chi connectivity index (χ2n) is 4.58. The molecule has 1 N–H and O–H groups in total. The van der Waals surface area contributed by atoms with Crippen LogP contribution in [0.4, 0.5) is 0 Å². The minimum absolute atomic E-state index is 0.0148. The molecule has 0 fully saturated rings. The molecule has 0 aromatic heterocycles. The van der Waals surface area contributed by atoms with Gasteiger partial charge in [-0.15, -0.1) is 0 Å². The Labute approximate surface area is 125 Å². The molecule has 0 bridgehead atoms. The molecule has 2 aromatic carbocycles. The third-order valence-corrected chi connectivity index (χ3v) is 3.48. The lowest BCUT2D eigenvalue weighted by Crippen LogP contribution is -2.18. The smallest absolute Gasteiger partial charge is 0.161 e. The minimum atomic E-state index is 0.0148. The molecule has 21 heavy (non-hydrogen) atoms. The average molecular weight is 287 g/mol. The predicted molar refractivity (Wildman–Crippen MR) is 83.4 cm³/mol. The number of rotatable bonds is 6. The van der Waals surface area contributed by atoms with Crippen molar-refractivity contribution in [2.45, 2.75) is 6.04 Å². The summed E-state index contributed by atoms with van der Waals surface area (Å²) in [5.74, 6) is 2.29. The molecule has 0 saturated carbocycles. The van der Waals surface area contributed by atoms with Gasteiger partial charge in [-0.25, -0.2) is 0 Å². The van der Waals surface area contributed by atoms with E-state index in [0.717, 1.165) is 22.6 Å². The summed E-state index contributed by atoms with van der Waals surface area (Å²) in [6.45, 7) is 0. The van der Waals surface area contributed by atoms with Crippen LogP contribution in [0.2, 0.25) is 0 Å². The van der Waals surface area contributed by atoms with Crippen LogP contribution in [-0.4, -0.2) is 28.4 Å². The maximum Gasteiger partial charge on any atom is 0.161 e. The molecule has 1 unspecified atom stereocenters. The van der Waals surface area contributed by atoms with E-state index in [1.807, 2.05) is 43.4 Å². The second-order valence-corrected chi connectivity index (χ2v) is 4.58. The normalized spacial score (nSPS) is 11.8. The molecule has 112 valence electrons. The first-order valence-electron chi connectivity index (χ1n) is 6.77. The summed E-state index contributed by atoms with van der Waals surface area (Å²) < 4.78 is 16.1. The van der Waals surface area contributed by atoms with Gasteiger partial charge in [-0.05, 0) is 30.8 Å². The molecule has 2 rings (SSSR count). The van der Waals surface area contributed by atoms with E-state index in [-0.39, 0.29) is 6.04 Å². The molecular weight excluding hydrogens is 266 g/mol. The van der Waals surface area contributed by atoms with Gasteiger partial charge in [-0.3, -0.25) is 0 Å². The summed E-state index contributed by atoms with van der Waals surface area (Å²) in [5, 5.41) is 3.32. The van der Waals surface area contributed by atoms with Crippen LogP contribution >= 0.6 is 0 Å². The van der Waals surface area contributed by atoms with Crippen LogP contribution < -0.4 is 19.5 Å². The molecule has 0 spiro atoms. The lowest BCUT2D eigenvalue weighted by molar-refractivity contribution is 0.354. The van der Waals surface area contributed by atoms with E-state index in [1.54, 1.807) is 21.3 Å². The highest BCUT2D eigenvalue weighted by Crippen LogP contribution is 2.34. The molecule has 0 aliphatic carbocycles. The van der Waals surface area contributed by atoms with Crippen LogP contribution in [0.1, 0.15) is 17.2 Å².